The molecule has 0 saturated heterocycles. The van der Waals surface area contributed by atoms with Crippen molar-refractivity contribution in [3.8, 4) is 5.75 Å². The first-order valence-electron chi connectivity index (χ1n) is 2.93. The van der Waals surface area contributed by atoms with Crippen molar-refractivity contribution < 1.29 is 32.1 Å². The van der Waals surface area contributed by atoms with Gasteiger partial charge in [-0.2, -0.15) is 0 Å². The van der Waals surface area contributed by atoms with Crippen LogP contribution in [0.2, 0.25) is 0 Å². The van der Waals surface area contributed by atoms with Gasteiger partial charge in [-0.25, -0.2) is 4.79 Å². The first-order chi connectivity index (χ1) is 5.11. The Morgan fingerprint density at radius 2 is 2.00 bits per heavy atom. The molecule has 0 saturated carbocycles. The van der Waals surface area contributed by atoms with Gasteiger partial charge in [0.15, 0.2) is 0 Å². The number of benzene rings is 1. The number of carboxylic acid groups (broad SMARTS) is 1. The number of carboxylic acids is 1. The first-order valence-corrected chi connectivity index (χ1v) is 2.93. The smallest absolute Gasteiger partial charge is 0.339 e. The Bertz CT molecular complexity index is 301. The Morgan fingerprint density at radius 1 is 1.42 bits per heavy atom. The molecule has 0 atom stereocenters. The number of aromatic carboxylic acids is 1. The van der Waals surface area contributed by atoms with E-state index in [1.807, 2.05) is 0 Å². The predicted octanol–water partition coefficient (Wildman–Crippen LogP) is 0.670. The summed E-state index contributed by atoms with van der Waals surface area (Å²) in [5, 5.41) is 17.4. The molecule has 0 bridgehead atoms. The molecule has 4 N–H and O–H groups in total. The summed E-state index contributed by atoms with van der Waals surface area (Å²) in [5.41, 5.74) is 5.43. The maximum atomic E-state index is 10.4. The average Bonchev–Trinajstić information content (AvgIpc) is 1.94. The van der Waals surface area contributed by atoms with Crippen LogP contribution in [0.15, 0.2) is 18.2 Å². The second kappa shape index (κ2) is 3.99. The summed E-state index contributed by atoms with van der Waals surface area (Å²) in [7, 11) is 0. The van der Waals surface area contributed by atoms with Crippen molar-refractivity contribution >= 4 is 11.7 Å². The van der Waals surface area contributed by atoms with Crippen molar-refractivity contribution in [1.82, 2.24) is 0 Å². The summed E-state index contributed by atoms with van der Waals surface area (Å²) in [6.45, 7) is 0. The van der Waals surface area contributed by atoms with Crippen LogP contribution in [0, 0.1) is 0 Å². The zero-order valence-corrected chi connectivity index (χ0v) is 6.86. The molecule has 0 amide bonds. The van der Waals surface area contributed by atoms with Gasteiger partial charge >= 0.3 is 5.97 Å². The second-order valence-electron chi connectivity index (χ2n) is 2.08. The van der Waals surface area contributed by atoms with E-state index in [1.165, 1.54) is 18.2 Å². The van der Waals surface area contributed by atoms with Crippen LogP contribution in [0.5, 0.6) is 5.75 Å². The standard InChI is InChI=1S/C7H7NO3.Cu/c8-4-1-2-6(9)5(3-4)7(10)11;/h1-3,9H,8H2,(H,10,11);. The van der Waals surface area contributed by atoms with Crippen molar-refractivity contribution in [1.29, 1.82) is 0 Å². The first kappa shape index (κ1) is 10.8. The molecule has 0 fully saturated rings. The Kier molecular flexibility index (Phi) is 3.60. The molecule has 69 valence electrons. The van der Waals surface area contributed by atoms with E-state index in [2.05, 4.69) is 0 Å². The van der Waals surface area contributed by atoms with E-state index in [9.17, 15) is 4.79 Å². The molecule has 4 nitrogen and oxygen atoms in total. The molecule has 0 aliphatic rings. The van der Waals surface area contributed by atoms with Crippen LogP contribution >= 0.6 is 0 Å². The predicted molar refractivity (Wildman–Crippen MR) is 39.5 cm³/mol. The minimum absolute atomic E-state index is 0. The fourth-order valence-electron chi connectivity index (χ4n) is 0.725. The molecular formula is C7H7CuNO3. The zero-order valence-electron chi connectivity index (χ0n) is 5.91. The Labute approximate surface area is 79.5 Å². The van der Waals surface area contributed by atoms with E-state index >= 15 is 0 Å². The van der Waals surface area contributed by atoms with Crippen LogP contribution < -0.4 is 5.73 Å². The van der Waals surface area contributed by atoms with Gasteiger partial charge in [-0.05, 0) is 18.2 Å². The topological polar surface area (TPSA) is 83.5 Å². The number of hydrogen-bond donors (Lipinski definition) is 3. The number of anilines is 1. The molecule has 1 aromatic rings. The number of nitrogen functional groups attached to an aromatic ring is 1. The van der Waals surface area contributed by atoms with Crippen LogP contribution in [0.3, 0.4) is 0 Å². The number of hydrogen-bond acceptors (Lipinski definition) is 3. The summed E-state index contributed by atoms with van der Waals surface area (Å²) in [5.74, 6) is -1.46. The Morgan fingerprint density at radius 3 is 2.42 bits per heavy atom. The van der Waals surface area contributed by atoms with E-state index in [4.69, 9.17) is 15.9 Å². The maximum Gasteiger partial charge on any atom is 0.339 e. The largest absolute Gasteiger partial charge is 0.507 e. The van der Waals surface area contributed by atoms with Crippen LogP contribution in [0.4, 0.5) is 5.69 Å². The minimum atomic E-state index is -1.19. The van der Waals surface area contributed by atoms with Crippen molar-refractivity contribution in [3.63, 3.8) is 0 Å². The average molecular weight is 217 g/mol. The summed E-state index contributed by atoms with van der Waals surface area (Å²) < 4.78 is 0. The van der Waals surface area contributed by atoms with Crippen LogP contribution in [-0.4, -0.2) is 16.2 Å². The second-order valence-corrected chi connectivity index (χ2v) is 2.08. The van der Waals surface area contributed by atoms with Crippen LogP contribution in [-0.2, 0) is 17.1 Å². The van der Waals surface area contributed by atoms with Crippen LogP contribution in [0.1, 0.15) is 10.4 Å². The summed E-state index contributed by atoms with van der Waals surface area (Å²) in [6.07, 6.45) is 0. The number of phenols is 1. The number of rotatable bonds is 1. The molecule has 12 heavy (non-hydrogen) atoms. The SMILES string of the molecule is Nc1ccc(O)c(C(=O)O)c1.[Cu]. The van der Waals surface area contributed by atoms with Gasteiger partial charge in [0.05, 0.1) is 0 Å². The summed E-state index contributed by atoms with van der Waals surface area (Å²) >= 11 is 0. The fourth-order valence-corrected chi connectivity index (χ4v) is 0.725. The van der Waals surface area contributed by atoms with Gasteiger partial charge in [0.25, 0.3) is 0 Å². The monoisotopic (exact) mass is 216 g/mol. The van der Waals surface area contributed by atoms with Gasteiger partial charge in [0, 0.05) is 22.8 Å². The number of aromatic hydroxyl groups is 1. The van der Waals surface area contributed by atoms with E-state index in [1.54, 1.807) is 0 Å². The molecule has 0 heterocycles. The molecule has 1 rings (SSSR count). The Hall–Kier alpha value is -1.19. The molecule has 1 radical (unpaired) electrons. The van der Waals surface area contributed by atoms with E-state index in [0.29, 0.717) is 5.69 Å². The van der Waals surface area contributed by atoms with Crippen molar-refractivity contribution in [2.45, 2.75) is 0 Å². The maximum absolute atomic E-state index is 10.4. The van der Waals surface area contributed by atoms with Crippen molar-refractivity contribution in [2.24, 2.45) is 0 Å². The molecule has 0 spiro atoms. The van der Waals surface area contributed by atoms with Crippen molar-refractivity contribution in [2.75, 3.05) is 5.73 Å². The van der Waals surface area contributed by atoms with Gasteiger partial charge in [-0.15, -0.1) is 0 Å². The molecule has 0 aromatic heterocycles. The normalized spacial score (nSPS) is 8.67. The van der Waals surface area contributed by atoms with Gasteiger partial charge in [-0.1, -0.05) is 0 Å². The zero-order chi connectivity index (χ0) is 8.43. The van der Waals surface area contributed by atoms with Gasteiger partial charge in [-0.3, -0.25) is 0 Å². The number of carbonyl (C=O) groups is 1. The van der Waals surface area contributed by atoms with E-state index < -0.39 is 5.97 Å². The third-order valence-electron chi connectivity index (χ3n) is 1.25. The van der Waals surface area contributed by atoms with E-state index in [0.717, 1.165) is 0 Å². The molecule has 5 heteroatoms. The Balaban J connectivity index is 0.00000121. The third kappa shape index (κ3) is 2.15. The van der Waals surface area contributed by atoms with Crippen LogP contribution in [0.25, 0.3) is 0 Å². The molecule has 0 aliphatic heterocycles. The number of nitrogens with two attached hydrogens (primary N) is 1. The molecule has 1 aromatic carbocycles. The fraction of sp³-hybridized carbons (Fsp3) is 0. The molecular weight excluding hydrogens is 210 g/mol. The van der Waals surface area contributed by atoms with Gasteiger partial charge in [0.1, 0.15) is 11.3 Å². The minimum Gasteiger partial charge on any atom is -0.507 e. The quantitative estimate of drug-likeness (QED) is 0.366. The third-order valence-corrected chi connectivity index (χ3v) is 1.25. The molecule has 0 unspecified atom stereocenters. The van der Waals surface area contributed by atoms with Gasteiger partial charge in [0.2, 0.25) is 0 Å². The summed E-state index contributed by atoms with van der Waals surface area (Å²) in [4.78, 5) is 10.4. The molecule has 0 aliphatic carbocycles. The summed E-state index contributed by atoms with van der Waals surface area (Å²) in [6, 6.07) is 3.89. The van der Waals surface area contributed by atoms with E-state index in [-0.39, 0.29) is 28.4 Å². The van der Waals surface area contributed by atoms with Crippen molar-refractivity contribution in [3.05, 3.63) is 23.8 Å². The van der Waals surface area contributed by atoms with Gasteiger partial charge < -0.3 is 15.9 Å².